The van der Waals surface area contributed by atoms with Gasteiger partial charge in [-0.3, -0.25) is 14.5 Å². The van der Waals surface area contributed by atoms with Crippen LogP contribution >= 0.6 is 24.0 Å². The van der Waals surface area contributed by atoms with Crippen LogP contribution in [0, 0.1) is 11.3 Å². The minimum absolute atomic E-state index is 0. The first-order valence-corrected chi connectivity index (χ1v) is 8.35. The molecule has 3 atom stereocenters. The summed E-state index contributed by atoms with van der Waals surface area (Å²) in [7, 11) is 0. The molecule has 1 aromatic rings. The van der Waals surface area contributed by atoms with Crippen molar-refractivity contribution in [1.82, 2.24) is 4.90 Å². The second kappa shape index (κ2) is 7.30. The number of nitrogens with zero attached hydrogens (tertiary/aromatic N) is 1. The highest BCUT2D eigenvalue weighted by Crippen LogP contribution is 2.49. The van der Waals surface area contributed by atoms with Gasteiger partial charge in [-0.05, 0) is 37.8 Å². The number of halogens is 2. The molecular formula is C17H22Cl2N2O3. The average Bonchev–Trinajstić information content (AvgIpc) is 3.06. The molecule has 1 saturated heterocycles. The van der Waals surface area contributed by atoms with E-state index in [4.69, 9.17) is 11.6 Å². The molecule has 1 amide bonds. The fraction of sp³-hybridized carbons (Fsp3) is 0.529. The van der Waals surface area contributed by atoms with Crippen LogP contribution in [-0.4, -0.2) is 41.0 Å². The van der Waals surface area contributed by atoms with Crippen molar-refractivity contribution in [3.05, 3.63) is 29.3 Å². The molecular weight excluding hydrogens is 351 g/mol. The Labute approximate surface area is 152 Å². The Morgan fingerprint density at radius 3 is 2.75 bits per heavy atom. The minimum atomic E-state index is -0.721. The van der Waals surface area contributed by atoms with E-state index in [0.717, 1.165) is 12.8 Å². The van der Waals surface area contributed by atoms with Gasteiger partial charge < -0.3 is 10.4 Å². The predicted octanol–water partition coefficient (Wildman–Crippen LogP) is 3.28. The number of anilines is 1. The predicted molar refractivity (Wildman–Crippen MR) is 95.8 cm³/mol. The lowest BCUT2D eigenvalue weighted by molar-refractivity contribution is -0.149. The molecule has 2 fully saturated rings. The van der Waals surface area contributed by atoms with Crippen LogP contribution in [0.1, 0.15) is 26.2 Å². The largest absolute Gasteiger partial charge is 0.481 e. The van der Waals surface area contributed by atoms with Gasteiger partial charge in [0.05, 0.1) is 22.2 Å². The SMILES string of the molecule is CC(C(=O)Nc1ccccc1Cl)N1C[C@@H]2CCC[C@@]2(C(=O)O)C1.Cl. The molecule has 1 heterocycles. The van der Waals surface area contributed by atoms with Crippen LogP contribution in [0.2, 0.25) is 5.02 Å². The number of carbonyl (C=O) groups is 2. The van der Waals surface area contributed by atoms with Crippen LogP contribution < -0.4 is 5.32 Å². The lowest BCUT2D eigenvalue weighted by Crippen LogP contribution is -2.43. The summed E-state index contributed by atoms with van der Waals surface area (Å²) in [5, 5.41) is 13.0. The van der Waals surface area contributed by atoms with Gasteiger partial charge in [0.2, 0.25) is 5.91 Å². The number of hydrogen-bond acceptors (Lipinski definition) is 3. The molecule has 0 spiro atoms. The molecule has 2 N–H and O–H groups in total. The van der Waals surface area contributed by atoms with E-state index in [0.29, 0.717) is 30.2 Å². The van der Waals surface area contributed by atoms with E-state index in [1.807, 2.05) is 17.9 Å². The second-order valence-electron chi connectivity index (χ2n) is 6.62. The molecule has 24 heavy (non-hydrogen) atoms. The zero-order valence-corrected chi connectivity index (χ0v) is 15.1. The molecule has 1 saturated carbocycles. The van der Waals surface area contributed by atoms with Crippen molar-refractivity contribution in [3.63, 3.8) is 0 Å². The van der Waals surface area contributed by atoms with Crippen LogP contribution in [0.25, 0.3) is 0 Å². The van der Waals surface area contributed by atoms with E-state index in [1.165, 1.54) is 0 Å². The van der Waals surface area contributed by atoms with Gasteiger partial charge in [-0.15, -0.1) is 12.4 Å². The van der Waals surface area contributed by atoms with Crippen molar-refractivity contribution in [3.8, 4) is 0 Å². The van der Waals surface area contributed by atoms with Crippen molar-refractivity contribution < 1.29 is 14.7 Å². The molecule has 1 aliphatic heterocycles. The van der Waals surface area contributed by atoms with Gasteiger partial charge in [0.1, 0.15) is 0 Å². The van der Waals surface area contributed by atoms with Crippen LogP contribution in [0.15, 0.2) is 24.3 Å². The Kier molecular flexibility index (Phi) is 5.78. The summed E-state index contributed by atoms with van der Waals surface area (Å²) in [6, 6.07) is 6.71. The quantitative estimate of drug-likeness (QED) is 0.850. The number of benzene rings is 1. The number of carbonyl (C=O) groups excluding carboxylic acids is 1. The summed E-state index contributed by atoms with van der Waals surface area (Å²) in [6.45, 7) is 2.94. The summed E-state index contributed by atoms with van der Waals surface area (Å²) in [5.41, 5.74) is -0.0859. The minimum Gasteiger partial charge on any atom is -0.481 e. The van der Waals surface area contributed by atoms with E-state index in [2.05, 4.69) is 5.32 Å². The molecule has 0 radical (unpaired) electrons. The van der Waals surface area contributed by atoms with Gasteiger partial charge in [0.25, 0.3) is 0 Å². The van der Waals surface area contributed by atoms with E-state index < -0.39 is 11.4 Å². The summed E-state index contributed by atoms with van der Waals surface area (Å²) >= 11 is 6.07. The summed E-state index contributed by atoms with van der Waals surface area (Å²) in [5.74, 6) is -0.726. The highest BCUT2D eigenvalue weighted by Gasteiger charge is 2.55. The number of hydrogen-bond donors (Lipinski definition) is 2. The van der Waals surface area contributed by atoms with Gasteiger partial charge in [-0.2, -0.15) is 0 Å². The van der Waals surface area contributed by atoms with Gasteiger partial charge >= 0.3 is 5.97 Å². The number of rotatable bonds is 4. The fourth-order valence-corrected chi connectivity index (χ4v) is 4.12. The van der Waals surface area contributed by atoms with E-state index in [9.17, 15) is 14.7 Å². The lowest BCUT2D eigenvalue weighted by atomic mass is 9.81. The van der Waals surface area contributed by atoms with Crippen LogP contribution in [0.3, 0.4) is 0 Å². The number of carboxylic acids is 1. The van der Waals surface area contributed by atoms with Crippen molar-refractivity contribution in [2.75, 3.05) is 18.4 Å². The smallest absolute Gasteiger partial charge is 0.311 e. The van der Waals surface area contributed by atoms with E-state index >= 15 is 0 Å². The number of nitrogens with one attached hydrogen (secondary N) is 1. The normalized spacial score (nSPS) is 27.2. The topological polar surface area (TPSA) is 69.6 Å². The maximum atomic E-state index is 12.5. The molecule has 1 aromatic carbocycles. The molecule has 0 bridgehead atoms. The Hall–Kier alpha value is -1.30. The Morgan fingerprint density at radius 1 is 1.42 bits per heavy atom. The first-order valence-electron chi connectivity index (χ1n) is 7.97. The third-order valence-corrected chi connectivity index (χ3v) is 5.71. The Bertz CT molecular complexity index is 640. The van der Waals surface area contributed by atoms with E-state index in [-0.39, 0.29) is 30.3 Å². The summed E-state index contributed by atoms with van der Waals surface area (Å²) < 4.78 is 0. The van der Waals surface area contributed by atoms with Crippen molar-refractivity contribution >= 4 is 41.6 Å². The maximum absolute atomic E-state index is 12.5. The third-order valence-electron chi connectivity index (χ3n) is 5.38. The average molecular weight is 373 g/mol. The van der Waals surface area contributed by atoms with Gasteiger partial charge in [0, 0.05) is 13.1 Å². The number of para-hydroxylation sites is 1. The van der Waals surface area contributed by atoms with Crippen LogP contribution in [0.4, 0.5) is 5.69 Å². The van der Waals surface area contributed by atoms with Crippen molar-refractivity contribution in [2.24, 2.45) is 11.3 Å². The first kappa shape index (κ1) is 19.0. The number of likely N-dealkylation sites (tertiary alicyclic amines) is 1. The first-order chi connectivity index (χ1) is 10.9. The van der Waals surface area contributed by atoms with Crippen molar-refractivity contribution in [1.29, 1.82) is 0 Å². The molecule has 2 aliphatic rings. The van der Waals surface area contributed by atoms with Gasteiger partial charge in [-0.25, -0.2) is 0 Å². The summed E-state index contributed by atoms with van der Waals surface area (Å²) in [4.78, 5) is 26.2. The van der Waals surface area contributed by atoms with Crippen LogP contribution in [-0.2, 0) is 9.59 Å². The van der Waals surface area contributed by atoms with Crippen LogP contribution in [0.5, 0.6) is 0 Å². The Balaban J connectivity index is 0.00000208. The van der Waals surface area contributed by atoms with Crippen molar-refractivity contribution in [2.45, 2.75) is 32.2 Å². The molecule has 5 nitrogen and oxygen atoms in total. The zero-order chi connectivity index (χ0) is 16.6. The molecule has 3 rings (SSSR count). The molecule has 0 aromatic heterocycles. The summed E-state index contributed by atoms with van der Waals surface area (Å²) in [6.07, 6.45) is 2.61. The lowest BCUT2D eigenvalue weighted by Gasteiger charge is -2.26. The highest BCUT2D eigenvalue weighted by molar-refractivity contribution is 6.33. The molecule has 132 valence electrons. The van der Waals surface area contributed by atoms with Gasteiger partial charge in [0.15, 0.2) is 0 Å². The molecule has 1 unspecified atom stereocenters. The maximum Gasteiger partial charge on any atom is 0.311 e. The van der Waals surface area contributed by atoms with Gasteiger partial charge in [-0.1, -0.05) is 30.2 Å². The number of fused-ring (bicyclic) bond motifs is 1. The molecule has 7 heteroatoms. The fourth-order valence-electron chi connectivity index (χ4n) is 3.94. The number of amides is 1. The molecule has 1 aliphatic carbocycles. The number of aliphatic carboxylic acids is 1. The zero-order valence-electron chi connectivity index (χ0n) is 13.5. The monoisotopic (exact) mass is 372 g/mol. The standard InChI is InChI=1S/C17H21ClN2O3.ClH/c1-11(15(21)19-14-7-3-2-6-13(14)18)20-9-12-5-4-8-17(12,10-20)16(22)23;/h2-3,6-7,11-12H,4-5,8-10H2,1H3,(H,19,21)(H,22,23);1H/t11?,12-,17+;/m0./s1. The third kappa shape index (κ3) is 3.25. The number of carboxylic acid groups (broad SMARTS) is 1. The Morgan fingerprint density at radius 2 is 2.12 bits per heavy atom. The van der Waals surface area contributed by atoms with E-state index in [1.54, 1.807) is 18.2 Å². The highest BCUT2D eigenvalue weighted by atomic mass is 35.5. The second-order valence-corrected chi connectivity index (χ2v) is 7.03.